The number of hydrogen-bond acceptors (Lipinski definition) is 3. The Bertz CT molecular complexity index is 927. The maximum Gasteiger partial charge on any atom is 0.132 e. The number of nitrogens with zero attached hydrogens (tertiary/aromatic N) is 2. The molecule has 1 heterocycles. The highest BCUT2D eigenvalue weighted by atomic mass is 16.3. The summed E-state index contributed by atoms with van der Waals surface area (Å²) in [4.78, 5) is 8.96. The van der Waals surface area contributed by atoms with E-state index >= 15 is 0 Å². The summed E-state index contributed by atoms with van der Waals surface area (Å²) < 4.78 is 0. The fraction of sp³-hybridized carbons (Fsp3) is 0.250. The smallest absolute Gasteiger partial charge is 0.132 e. The van der Waals surface area contributed by atoms with Crippen LogP contribution in [0.5, 0.6) is 0 Å². The number of benzene rings is 2. The molecule has 1 atom stereocenters. The molecule has 3 aromatic rings. The van der Waals surface area contributed by atoms with Crippen LogP contribution in [0, 0.1) is 0 Å². The van der Waals surface area contributed by atoms with Crippen LogP contribution in [-0.4, -0.2) is 21.2 Å². The first kappa shape index (κ1) is 19.0. The molecule has 0 radical (unpaired) electrons. The largest absolute Gasteiger partial charge is 0.393 e. The number of rotatable bonds is 8. The van der Waals surface area contributed by atoms with Gasteiger partial charge in [0.2, 0.25) is 0 Å². The normalized spacial score (nSPS) is 12.5. The molecule has 0 amide bonds. The van der Waals surface area contributed by atoms with E-state index in [1.54, 1.807) is 0 Å². The molecule has 0 aliphatic rings. The van der Waals surface area contributed by atoms with Crippen molar-refractivity contribution in [1.82, 2.24) is 9.97 Å². The second kappa shape index (κ2) is 9.24. The molecule has 3 rings (SSSR count). The number of allylic oxidation sites excluding steroid dienone is 2. The molecule has 3 heteroatoms. The van der Waals surface area contributed by atoms with Crippen LogP contribution in [0.15, 0.2) is 67.4 Å². The molecule has 0 aliphatic heterocycles. The number of aliphatic hydroxyl groups excluding tert-OH is 1. The van der Waals surface area contributed by atoms with Gasteiger partial charge >= 0.3 is 0 Å². The van der Waals surface area contributed by atoms with Crippen molar-refractivity contribution < 1.29 is 5.11 Å². The Morgan fingerprint density at radius 3 is 2.63 bits per heavy atom. The van der Waals surface area contributed by atoms with Crippen molar-refractivity contribution in [3.63, 3.8) is 0 Å². The Morgan fingerprint density at radius 2 is 1.89 bits per heavy atom. The molecule has 1 N–H and O–H groups in total. The van der Waals surface area contributed by atoms with Crippen molar-refractivity contribution >= 4 is 17.0 Å². The van der Waals surface area contributed by atoms with Crippen LogP contribution in [0.4, 0.5) is 0 Å². The summed E-state index contributed by atoms with van der Waals surface area (Å²) in [5.74, 6) is 0.801. The Labute approximate surface area is 161 Å². The lowest BCUT2D eigenvalue weighted by Crippen LogP contribution is -1.97. The maximum atomic E-state index is 9.28. The highest BCUT2D eigenvalue weighted by Gasteiger charge is 2.03. The molecular formula is C24H26N2O. The highest BCUT2D eigenvalue weighted by Crippen LogP contribution is 2.24. The van der Waals surface area contributed by atoms with Crippen LogP contribution in [0.3, 0.4) is 0 Å². The van der Waals surface area contributed by atoms with E-state index in [2.05, 4.69) is 71.2 Å². The number of aliphatic hydroxyl groups is 1. The Hall–Kier alpha value is -2.78. The first-order valence-electron chi connectivity index (χ1n) is 9.47. The number of unbranched alkanes of at least 4 members (excludes halogenated alkanes) is 1. The zero-order valence-electron chi connectivity index (χ0n) is 15.8. The summed E-state index contributed by atoms with van der Waals surface area (Å²) >= 11 is 0. The van der Waals surface area contributed by atoms with Gasteiger partial charge in [-0.2, -0.15) is 0 Å². The van der Waals surface area contributed by atoms with Crippen molar-refractivity contribution in [3.05, 3.63) is 78.8 Å². The van der Waals surface area contributed by atoms with E-state index < -0.39 is 0 Å². The molecule has 3 nitrogen and oxygen atoms in total. The second-order valence-electron chi connectivity index (χ2n) is 6.86. The van der Waals surface area contributed by atoms with Crippen LogP contribution < -0.4 is 0 Å². The molecule has 2 aromatic carbocycles. The SMILES string of the molecule is C=CCc1ncc2cc(-c3ccc(/C=C/CCCC(C)O)cc3)ccc2n1. The standard InChI is InChI=1S/C24H26N2O/c1-3-7-24-25-17-22-16-21(14-15-23(22)26-24)20-12-10-19(11-13-20)9-6-4-5-8-18(2)27/h3,6,9-18,27H,1,4-5,7-8H2,2H3/b9-6+. The first-order chi connectivity index (χ1) is 13.2. The molecule has 138 valence electrons. The number of fused-ring (bicyclic) bond motifs is 1. The molecule has 1 aromatic heterocycles. The minimum atomic E-state index is -0.210. The van der Waals surface area contributed by atoms with Crippen molar-refractivity contribution in [3.8, 4) is 11.1 Å². The Balaban J connectivity index is 1.70. The molecule has 0 saturated heterocycles. The number of aromatic nitrogens is 2. The van der Waals surface area contributed by atoms with Crippen LogP contribution >= 0.6 is 0 Å². The summed E-state index contributed by atoms with van der Waals surface area (Å²) in [7, 11) is 0. The molecule has 0 fully saturated rings. The van der Waals surface area contributed by atoms with E-state index in [0.29, 0.717) is 6.42 Å². The van der Waals surface area contributed by atoms with E-state index in [0.717, 1.165) is 41.6 Å². The minimum absolute atomic E-state index is 0.210. The van der Waals surface area contributed by atoms with Crippen LogP contribution in [-0.2, 0) is 6.42 Å². The van der Waals surface area contributed by atoms with Crippen molar-refractivity contribution in [2.24, 2.45) is 0 Å². The quantitative estimate of drug-likeness (QED) is 0.422. The average molecular weight is 358 g/mol. The fourth-order valence-corrected chi connectivity index (χ4v) is 3.02. The summed E-state index contributed by atoms with van der Waals surface area (Å²) in [5, 5.41) is 10.3. The van der Waals surface area contributed by atoms with Gasteiger partial charge in [-0.15, -0.1) is 6.58 Å². The van der Waals surface area contributed by atoms with Gasteiger partial charge in [-0.25, -0.2) is 9.97 Å². The van der Waals surface area contributed by atoms with E-state index in [9.17, 15) is 5.11 Å². The molecule has 0 spiro atoms. The topological polar surface area (TPSA) is 46.0 Å². The van der Waals surface area contributed by atoms with Crippen LogP contribution in [0.1, 0.15) is 37.6 Å². The van der Waals surface area contributed by atoms with Gasteiger partial charge in [0.15, 0.2) is 0 Å². The van der Waals surface area contributed by atoms with E-state index in [1.165, 1.54) is 11.1 Å². The first-order valence-corrected chi connectivity index (χ1v) is 9.47. The molecular weight excluding hydrogens is 332 g/mol. The van der Waals surface area contributed by atoms with Crippen LogP contribution in [0.25, 0.3) is 28.1 Å². The van der Waals surface area contributed by atoms with E-state index in [4.69, 9.17) is 0 Å². The van der Waals surface area contributed by atoms with Gasteiger partial charge in [0.1, 0.15) is 5.82 Å². The second-order valence-corrected chi connectivity index (χ2v) is 6.86. The zero-order chi connectivity index (χ0) is 19.1. The van der Waals surface area contributed by atoms with Gasteiger partial charge in [-0.05, 0) is 55.0 Å². The predicted octanol–water partition coefficient (Wildman–Crippen LogP) is 5.59. The lowest BCUT2D eigenvalue weighted by Gasteiger charge is -2.05. The van der Waals surface area contributed by atoms with Gasteiger partial charge in [-0.3, -0.25) is 0 Å². The zero-order valence-corrected chi connectivity index (χ0v) is 15.8. The maximum absolute atomic E-state index is 9.28. The third kappa shape index (κ3) is 5.35. The van der Waals surface area contributed by atoms with Gasteiger partial charge in [0.25, 0.3) is 0 Å². The molecule has 1 unspecified atom stereocenters. The molecule has 27 heavy (non-hydrogen) atoms. The number of hydrogen-bond donors (Lipinski definition) is 1. The molecule has 0 aliphatic carbocycles. The van der Waals surface area contributed by atoms with Gasteiger partial charge in [0, 0.05) is 18.0 Å². The summed E-state index contributed by atoms with van der Waals surface area (Å²) in [5.41, 5.74) is 4.49. The van der Waals surface area contributed by atoms with E-state index in [-0.39, 0.29) is 6.10 Å². The highest BCUT2D eigenvalue weighted by molar-refractivity contribution is 5.84. The molecule has 0 bridgehead atoms. The Morgan fingerprint density at radius 1 is 1.11 bits per heavy atom. The monoisotopic (exact) mass is 358 g/mol. The van der Waals surface area contributed by atoms with E-state index in [1.807, 2.05) is 19.2 Å². The third-order valence-corrected chi connectivity index (χ3v) is 4.50. The third-order valence-electron chi connectivity index (χ3n) is 4.50. The predicted molar refractivity (Wildman–Crippen MR) is 113 cm³/mol. The average Bonchev–Trinajstić information content (AvgIpc) is 2.68. The summed E-state index contributed by atoms with van der Waals surface area (Å²) in [6, 6.07) is 14.8. The van der Waals surface area contributed by atoms with Crippen molar-refractivity contribution in [2.75, 3.05) is 0 Å². The lowest BCUT2D eigenvalue weighted by atomic mass is 10.0. The minimum Gasteiger partial charge on any atom is -0.393 e. The molecule has 0 saturated carbocycles. The van der Waals surface area contributed by atoms with Crippen LogP contribution in [0.2, 0.25) is 0 Å². The van der Waals surface area contributed by atoms with Crippen molar-refractivity contribution in [2.45, 2.75) is 38.7 Å². The van der Waals surface area contributed by atoms with Gasteiger partial charge in [0.05, 0.1) is 11.6 Å². The fourth-order valence-electron chi connectivity index (χ4n) is 3.02. The summed E-state index contributed by atoms with van der Waals surface area (Å²) in [6.45, 7) is 5.57. The van der Waals surface area contributed by atoms with Crippen molar-refractivity contribution in [1.29, 1.82) is 0 Å². The summed E-state index contributed by atoms with van der Waals surface area (Å²) in [6.07, 6.45) is 11.3. The lowest BCUT2D eigenvalue weighted by molar-refractivity contribution is 0.182. The Kier molecular flexibility index (Phi) is 6.50. The van der Waals surface area contributed by atoms with Gasteiger partial charge in [-0.1, -0.05) is 48.6 Å². The van der Waals surface area contributed by atoms with Gasteiger partial charge < -0.3 is 5.11 Å².